The maximum Gasteiger partial charge on any atom is 0.252 e. The van der Waals surface area contributed by atoms with Crippen LogP contribution >= 0.6 is 15.9 Å². The highest BCUT2D eigenvalue weighted by Gasteiger charge is 2.38. The first-order chi connectivity index (χ1) is 9.35. The zero-order valence-electron chi connectivity index (χ0n) is 11.7. The molecule has 1 N–H and O–H groups in total. The molecule has 1 aliphatic heterocycles. The van der Waals surface area contributed by atoms with Crippen molar-refractivity contribution >= 4 is 33.4 Å². The van der Waals surface area contributed by atoms with E-state index in [0.717, 1.165) is 4.47 Å². The predicted molar refractivity (Wildman–Crippen MR) is 79.9 cm³/mol. The second-order valence-corrected chi connectivity index (χ2v) is 6.11. The van der Waals surface area contributed by atoms with Gasteiger partial charge < -0.3 is 15.0 Å². The van der Waals surface area contributed by atoms with Gasteiger partial charge in [-0.25, -0.2) is 0 Å². The van der Waals surface area contributed by atoms with Gasteiger partial charge in [0.2, 0.25) is 5.91 Å². The number of methoxy groups -OCH3 is 1. The molecule has 1 aromatic rings. The molecule has 1 aromatic carbocycles. The molecule has 0 bridgehead atoms. The summed E-state index contributed by atoms with van der Waals surface area (Å²) in [4.78, 5) is 25.9. The first-order valence-corrected chi connectivity index (χ1v) is 7.11. The van der Waals surface area contributed by atoms with Crippen LogP contribution in [0.5, 0.6) is 5.75 Å². The molecule has 0 atom stereocenters. The number of hydrogen-bond donors (Lipinski definition) is 1. The van der Waals surface area contributed by atoms with Crippen LogP contribution in [-0.4, -0.2) is 31.0 Å². The van der Waals surface area contributed by atoms with Crippen molar-refractivity contribution in [1.82, 2.24) is 5.32 Å². The molecule has 6 heteroatoms. The van der Waals surface area contributed by atoms with Crippen LogP contribution in [0.25, 0.3) is 0 Å². The average Bonchev–Trinajstić information content (AvgIpc) is 2.47. The summed E-state index contributed by atoms with van der Waals surface area (Å²) in [6, 6.07) is 5.46. The number of carbonyl (C=O) groups excluding carboxylic acids is 2. The average molecular weight is 341 g/mol. The largest absolute Gasteiger partial charge is 0.495 e. The number of anilines is 1. The third kappa shape index (κ3) is 2.80. The topological polar surface area (TPSA) is 58.6 Å². The Hall–Kier alpha value is -1.56. The molecule has 0 radical (unpaired) electrons. The minimum absolute atomic E-state index is 0.125. The van der Waals surface area contributed by atoms with Gasteiger partial charge in [-0.05, 0) is 32.0 Å². The van der Waals surface area contributed by atoms with Crippen molar-refractivity contribution in [3.05, 3.63) is 22.7 Å². The maximum atomic E-state index is 12.6. The number of nitrogens with zero attached hydrogens (tertiary/aromatic N) is 1. The number of hydrogen-bond acceptors (Lipinski definition) is 3. The van der Waals surface area contributed by atoms with E-state index in [4.69, 9.17) is 4.74 Å². The molecule has 2 amide bonds. The van der Waals surface area contributed by atoms with E-state index >= 15 is 0 Å². The third-order valence-electron chi connectivity index (χ3n) is 3.23. The molecule has 0 unspecified atom stereocenters. The lowest BCUT2D eigenvalue weighted by Gasteiger charge is -2.29. The number of rotatable bonds is 2. The Morgan fingerprint density at radius 3 is 2.70 bits per heavy atom. The summed E-state index contributed by atoms with van der Waals surface area (Å²) < 4.78 is 6.17. The summed E-state index contributed by atoms with van der Waals surface area (Å²) in [6.07, 6.45) is 0.269. The normalized spacial score (nSPS) is 18.5. The number of ether oxygens (including phenoxy) is 1. The molecule has 5 nitrogen and oxygen atoms in total. The lowest BCUT2D eigenvalue weighted by Crippen LogP contribution is -2.53. The van der Waals surface area contributed by atoms with Crippen LogP contribution < -0.4 is 15.0 Å². The van der Waals surface area contributed by atoms with Gasteiger partial charge in [0.15, 0.2) is 0 Å². The smallest absolute Gasteiger partial charge is 0.252 e. The summed E-state index contributed by atoms with van der Waals surface area (Å²) in [5.74, 6) is 0.325. The summed E-state index contributed by atoms with van der Waals surface area (Å²) in [6.45, 7) is 3.74. The zero-order chi connectivity index (χ0) is 14.9. The van der Waals surface area contributed by atoms with Crippen molar-refractivity contribution in [1.29, 1.82) is 0 Å². The van der Waals surface area contributed by atoms with Gasteiger partial charge in [0, 0.05) is 17.4 Å². The fraction of sp³-hybridized carbons (Fsp3) is 0.429. The van der Waals surface area contributed by atoms with E-state index in [1.165, 1.54) is 0 Å². The van der Waals surface area contributed by atoms with Crippen LogP contribution in [0.2, 0.25) is 0 Å². The Bertz CT molecular complexity index is 557. The van der Waals surface area contributed by atoms with Crippen LogP contribution in [0, 0.1) is 0 Å². The molecular formula is C14H17BrN2O3. The fourth-order valence-corrected chi connectivity index (χ4v) is 2.57. The van der Waals surface area contributed by atoms with Gasteiger partial charge in [-0.3, -0.25) is 9.59 Å². The number of nitrogens with one attached hydrogen (secondary N) is 1. The van der Waals surface area contributed by atoms with Crippen molar-refractivity contribution in [2.45, 2.75) is 25.8 Å². The SMILES string of the molecule is COc1ccc(Br)cc1N1CCC(=O)NC(C)(C)C1=O. The Morgan fingerprint density at radius 1 is 1.35 bits per heavy atom. The van der Waals surface area contributed by atoms with Gasteiger partial charge in [-0.15, -0.1) is 0 Å². The Morgan fingerprint density at radius 2 is 2.05 bits per heavy atom. The van der Waals surface area contributed by atoms with Crippen LogP contribution in [0.15, 0.2) is 22.7 Å². The molecule has 0 aliphatic carbocycles. The molecular weight excluding hydrogens is 324 g/mol. The van der Waals surface area contributed by atoms with E-state index in [1.807, 2.05) is 12.1 Å². The zero-order valence-corrected chi connectivity index (χ0v) is 13.3. The van der Waals surface area contributed by atoms with Crippen LogP contribution in [0.3, 0.4) is 0 Å². The van der Waals surface area contributed by atoms with E-state index < -0.39 is 5.54 Å². The molecule has 1 fully saturated rings. The van der Waals surface area contributed by atoms with Gasteiger partial charge in [-0.1, -0.05) is 15.9 Å². The van der Waals surface area contributed by atoms with Crippen molar-refractivity contribution in [2.24, 2.45) is 0 Å². The van der Waals surface area contributed by atoms with Gasteiger partial charge in [0.25, 0.3) is 5.91 Å². The molecule has 108 valence electrons. The summed E-state index contributed by atoms with van der Waals surface area (Å²) in [5.41, 5.74) is -0.266. The second-order valence-electron chi connectivity index (χ2n) is 5.20. The highest BCUT2D eigenvalue weighted by Crippen LogP contribution is 2.33. The van der Waals surface area contributed by atoms with Gasteiger partial charge in [0.1, 0.15) is 11.3 Å². The molecule has 2 rings (SSSR count). The van der Waals surface area contributed by atoms with Crippen molar-refractivity contribution in [3.63, 3.8) is 0 Å². The minimum Gasteiger partial charge on any atom is -0.495 e. The van der Waals surface area contributed by atoms with Gasteiger partial charge in [0.05, 0.1) is 12.8 Å². The highest BCUT2D eigenvalue weighted by molar-refractivity contribution is 9.10. The number of carbonyl (C=O) groups is 2. The molecule has 20 heavy (non-hydrogen) atoms. The summed E-state index contributed by atoms with van der Waals surface area (Å²) >= 11 is 3.40. The molecule has 0 aromatic heterocycles. The minimum atomic E-state index is -0.930. The molecule has 1 saturated heterocycles. The molecule has 1 aliphatic rings. The van der Waals surface area contributed by atoms with Crippen molar-refractivity contribution in [2.75, 3.05) is 18.6 Å². The Labute approximate surface area is 126 Å². The van der Waals surface area contributed by atoms with E-state index in [9.17, 15) is 9.59 Å². The number of benzene rings is 1. The van der Waals surface area contributed by atoms with Gasteiger partial charge in [-0.2, -0.15) is 0 Å². The Balaban J connectivity index is 2.47. The lowest BCUT2D eigenvalue weighted by atomic mass is 10.0. The third-order valence-corrected chi connectivity index (χ3v) is 3.72. The molecule has 0 spiro atoms. The van der Waals surface area contributed by atoms with Gasteiger partial charge >= 0.3 is 0 Å². The second kappa shape index (κ2) is 5.44. The summed E-state index contributed by atoms with van der Waals surface area (Å²) in [5, 5.41) is 2.74. The standard InChI is InChI=1S/C14H17BrN2O3/c1-14(2)13(19)17(7-6-12(18)16-14)10-8-9(15)4-5-11(10)20-3/h4-5,8H,6-7H2,1-3H3,(H,16,18). The van der Waals surface area contributed by atoms with E-state index in [1.54, 1.807) is 31.9 Å². The quantitative estimate of drug-likeness (QED) is 0.896. The summed E-state index contributed by atoms with van der Waals surface area (Å²) in [7, 11) is 1.56. The maximum absolute atomic E-state index is 12.6. The predicted octanol–water partition coefficient (Wildman–Crippen LogP) is 2.09. The van der Waals surface area contributed by atoms with E-state index in [2.05, 4.69) is 21.2 Å². The van der Waals surface area contributed by atoms with E-state index in [0.29, 0.717) is 18.0 Å². The molecule has 1 heterocycles. The van der Waals surface area contributed by atoms with E-state index in [-0.39, 0.29) is 18.2 Å². The lowest BCUT2D eigenvalue weighted by molar-refractivity contribution is -0.128. The number of amides is 2. The van der Waals surface area contributed by atoms with Crippen LogP contribution in [-0.2, 0) is 9.59 Å². The van der Waals surface area contributed by atoms with Crippen LogP contribution in [0.1, 0.15) is 20.3 Å². The number of halogens is 1. The first kappa shape index (κ1) is 14.8. The highest BCUT2D eigenvalue weighted by atomic mass is 79.9. The molecule has 0 saturated carbocycles. The monoisotopic (exact) mass is 340 g/mol. The van der Waals surface area contributed by atoms with Crippen LogP contribution in [0.4, 0.5) is 5.69 Å². The fourth-order valence-electron chi connectivity index (χ4n) is 2.22. The van der Waals surface area contributed by atoms with Crippen molar-refractivity contribution < 1.29 is 14.3 Å². The Kier molecular flexibility index (Phi) is 4.04. The van der Waals surface area contributed by atoms with Crippen molar-refractivity contribution in [3.8, 4) is 5.75 Å². The first-order valence-electron chi connectivity index (χ1n) is 6.31.